The molecule has 1 spiro atoms. The van der Waals surface area contributed by atoms with Crippen molar-refractivity contribution in [1.82, 2.24) is 29.7 Å². The maximum absolute atomic E-state index is 13.2. The van der Waals surface area contributed by atoms with Gasteiger partial charge in [0.1, 0.15) is 34.9 Å². The number of hydrogen-bond donors (Lipinski definition) is 2. The van der Waals surface area contributed by atoms with Gasteiger partial charge in [-0.2, -0.15) is 0 Å². The van der Waals surface area contributed by atoms with Crippen LogP contribution in [0.2, 0.25) is 0 Å². The van der Waals surface area contributed by atoms with Gasteiger partial charge in [0, 0.05) is 18.7 Å². The van der Waals surface area contributed by atoms with Gasteiger partial charge in [-0.15, -0.1) is 0 Å². The minimum Gasteiger partial charge on any atom is -0.444 e. The second-order valence-electron chi connectivity index (χ2n) is 18.1. The van der Waals surface area contributed by atoms with Gasteiger partial charge < -0.3 is 19.4 Å². The number of amides is 2. The first-order valence-electron chi connectivity index (χ1n) is 19.8. The summed E-state index contributed by atoms with van der Waals surface area (Å²) in [6, 6.07) is 12.7. The van der Waals surface area contributed by atoms with Gasteiger partial charge in [0.25, 0.3) is 0 Å². The molecule has 10 nitrogen and oxygen atoms in total. The summed E-state index contributed by atoms with van der Waals surface area (Å²) in [6.45, 7) is 16.4. The molecule has 10 heteroatoms. The first kappa shape index (κ1) is 36.8. The van der Waals surface area contributed by atoms with Gasteiger partial charge in [-0.1, -0.05) is 72.5 Å². The van der Waals surface area contributed by atoms with Crippen LogP contribution in [0, 0.1) is 0 Å². The average Bonchev–Trinajstić information content (AvgIpc) is 3.96. The SMILES string of the molecule is CC1=C[C@@H](c2ncc(-c3ccc(-c4ccc(-c5cnc([C@@H]6C=C(C)CN6C(=O)OC(C)(C)C)[nH]5)c5c4C4(CCCC4)CC5)cc3)[nH]2)N(C(=O)OC(C)(C)C)C1. The number of hydrogen-bond acceptors (Lipinski definition) is 6. The van der Waals surface area contributed by atoms with Crippen molar-refractivity contribution in [2.24, 2.45) is 0 Å². The summed E-state index contributed by atoms with van der Waals surface area (Å²) in [6.07, 6.45) is 14.4. The van der Waals surface area contributed by atoms with Crippen molar-refractivity contribution in [3.8, 4) is 33.6 Å². The molecule has 0 radical (unpaired) electrons. The van der Waals surface area contributed by atoms with E-state index in [1.54, 1.807) is 9.80 Å². The van der Waals surface area contributed by atoms with E-state index < -0.39 is 11.2 Å². The summed E-state index contributed by atoms with van der Waals surface area (Å²) in [7, 11) is 0. The minimum atomic E-state index is -0.576. The molecule has 2 aliphatic heterocycles. The third-order valence-electron chi connectivity index (χ3n) is 11.5. The van der Waals surface area contributed by atoms with Crippen LogP contribution in [0.5, 0.6) is 0 Å². The van der Waals surface area contributed by atoms with Crippen molar-refractivity contribution in [1.29, 1.82) is 0 Å². The molecule has 0 unspecified atom stereocenters. The van der Waals surface area contributed by atoms with Crippen LogP contribution in [-0.2, 0) is 21.3 Å². The Kier molecular flexibility index (Phi) is 9.09. The van der Waals surface area contributed by atoms with E-state index in [2.05, 4.69) is 58.5 Å². The molecule has 8 rings (SSSR count). The number of rotatable bonds is 5. The lowest BCUT2D eigenvalue weighted by Crippen LogP contribution is -2.37. The van der Waals surface area contributed by atoms with E-state index in [1.807, 2.05) is 67.8 Å². The molecule has 2 aromatic heterocycles. The van der Waals surface area contributed by atoms with Gasteiger partial charge in [-0.05, 0) is 114 Å². The van der Waals surface area contributed by atoms with Crippen LogP contribution in [0.3, 0.4) is 0 Å². The molecule has 55 heavy (non-hydrogen) atoms. The quantitative estimate of drug-likeness (QED) is 0.197. The number of carbonyl (C=O) groups is 2. The second kappa shape index (κ2) is 13.6. The van der Waals surface area contributed by atoms with E-state index in [0.29, 0.717) is 13.1 Å². The van der Waals surface area contributed by atoms with Crippen molar-refractivity contribution >= 4 is 12.2 Å². The molecule has 2 atom stereocenters. The maximum Gasteiger partial charge on any atom is 0.411 e. The largest absolute Gasteiger partial charge is 0.444 e. The van der Waals surface area contributed by atoms with Crippen molar-refractivity contribution in [3.63, 3.8) is 0 Å². The number of nitrogens with one attached hydrogen (secondary N) is 2. The summed E-state index contributed by atoms with van der Waals surface area (Å²) in [4.78, 5) is 46.4. The van der Waals surface area contributed by atoms with Crippen LogP contribution >= 0.6 is 0 Å². The lowest BCUT2D eigenvalue weighted by Gasteiger charge is -2.28. The fraction of sp³-hybridized carbons (Fsp3) is 0.467. The molecule has 0 saturated heterocycles. The van der Waals surface area contributed by atoms with Crippen LogP contribution in [0.25, 0.3) is 33.6 Å². The molecule has 2 amide bonds. The molecule has 4 heterocycles. The maximum atomic E-state index is 13.2. The lowest BCUT2D eigenvalue weighted by molar-refractivity contribution is 0.0222. The van der Waals surface area contributed by atoms with Gasteiger partial charge in [-0.3, -0.25) is 9.80 Å². The molecule has 2 N–H and O–H groups in total. The van der Waals surface area contributed by atoms with Gasteiger partial charge in [0.05, 0.1) is 23.8 Å². The molecule has 4 aromatic rings. The van der Waals surface area contributed by atoms with Crippen molar-refractivity contribution in [2.45, 2.75) is 123 Å². The van der Waals surface area contributed by atoms with E-state index in [0.717, 1.165) is 52.6 Å². The van der Waals surface area contributed by atoms with Gasteiger partial charge in [0.15, 0.2) is 0 Å². The summed E-state index contributed by atoms with van der Waals surface area (Å²) >= 11 is 0. The third-order valence-corrected chi connectivity index (χ3v) is 11.5. The molecule has 2 aromatic carbocycles. The smallest absolute Gasteiger partial charge is 0.411 e. The minimum absolute atomic E-state index is 0.187. The first-order valence-corrected chi connectivity index (χ1v) is 19.8. The summed E-state index contributed by atoms with van der Waals surface area (Å²) in [5.74, 6) is 1.47. The zero-order valence-electron chi connectivity index (χ0n) is 33.5. The zero-order chi connectivity index (χ0) is 38.9. The third kappa shape index (κ3) is 7.11. The van der Waals surface area contributed by atoms with Crippen molar-refractivity contribution in [2.75, 3.05) is 13.1 Å². The lowest BCUT2D eigenvalue weighted by atomic mass is 9.76. The summed E-state index contributed by atoms with van der Waals surface area (Å²) in [5, 5.41) is 0. The Morgan fingerprint density at radius 1 is 0.691 bits per heavy atom. The van der Waals surface area contributed by atoms with Crippen LogP contribution in [0.4, 0.5) is 9.59 Å². The topological polar surface area (TPSA) is 116 Å². The molecule has 1 saturated carbocycles. The molecular weight excluding hydrogens is 689 g/mol. The van der Waals surface area contributed by atoms with Crippen LogP contribution in [0.1, 0.15) is 122 Å². The molecule has 1 fully saturated rings. The highest BCUT2D eigenvalue weighted by molar-refractivity contribution is 5.80. The second-order valence-corrected chi connectivity index (χ2v) is 18.1. The predicted octanol–water partition coefficient (Wildman–Crippen LogP) is 10.4. The Hall–Kier alpha value is -5.12. The molecule has 2 aliphatic carbocycles. The monoisotopic (exact) mass is 742 g/mol. The molecular formula is C45H54N6O4. The Morgan fingerprint density at radius 3 is 1.73 bits per heavy atom. The Balaban J connectivity index is 1.08. The molecule has 4 aliphatic rings. The standard InChI is InChI=1S/C45H54N6O4/c1-27-21-36(50(25-27)41(52)54-43(3,4)5)39-46-23-34(48-39)30-13-11-29(12-14-30)31-15-16-32(33-17-20-45(38(31)33)18-9-10-19-45)35-24-47-40(49-35)37-22-28(2)26-51(37)42(53)55-44(6,7)8/h11-16,21-24,36-37H,9-10,17-20,25-26H2,1-8H3,(H,46,48)(H,47,49)/t36-,37-/m0/s1. The van der Waals surface area contributed by atoms with Gasteiger partial charge in [-0.25, -0.2) is 19.6 Å². The zero-order valence-corrected chi connectivity index (χ0v) is 33.5. The number of aromatic nitrogens is 4. The number of H-pyrrole nitrogens is 2. The average molecular weight is 743 g/mol. The number of nitrogens with zero attached hydrogens (tertiary/aromatic N) is 4. The van der Waals surface area contributed by atoms with Crippen LogP contribution < -0.4 is 0 Å². The van der Waals surface area contributed by atoms with E-state index in [-0.39, 0.29) is 29.7 Å². The molecule has 288 valence electrons. The Bertz CT molecular complexity index is 2190. The predicted molar refractivity (Wildman–Crippen MR) is 214 cm³/mol. The number of imidazole rings is 2. The first-order chi connectivity index (χ1) is 26.1. The highest BCUT2D eigenvalue weighted by Crippen LogP contribution is 2.55. The fourth-order valence-corrected chi connectivity index (χ4v) is 9.14. The normalized spacial score (nSPS) is 20.6. The van der Waals surface area contributed by atoms with Crippen molar-refractivity contribution < 1.29 is 19.1 Å². The van der Waals surface area contributed by atoms with Crippen LogP contribution in [0.15, 0.2) is 72.1 Å². The number of fused-ring (bicyclic) bond motifs is 2. The number of benzene rings is 2. The van der Waals surface area contributed by atoms with E-state index in [1.165, 1.54) is 53.5 Å². The van der Waals surface area contributed by atoms with Gasteiger partial charge in [0.2, 0.25) is 0 Å². The number of carbonyl (C=O) groups excluding carboxylic acids is 2. The van der Waals surface area contributed by atoms with Crippen molar-refractivity contribution in [3.05, 3.63) is 94.9 Å². The van der Waals surface area contributed by atoms with E-state index >= 15 is 0 Å². The Labute approximate surface area is 324 Å². The van der Waals surface area contributed by atoms with Gasteiger partial charge >= 0.3 is 12.2 Å². The molecule has 0 bridgehead atoms. The summed E-state index contributed by atoms with van der Waals surface area (Å²) in [5.41, 5.74) is 10.8. The fourth-order valence-electron chi connectivity index (χ4n) is 9.14. The van der Waals surface area contributed by atoms with Crippen LogP contribution in [-0.4, -0.2) is 66.2 Å². The Morgan fingerprint density at radius 2 is 1.18 bits per heavy atom. The van der Waals surface area contributed by atoms with E-state index in [4.69, 9.17) is 19.4 Å². The highest BCUT2D eigenvalue weighted by atomic mass is 16.6. The highest BCUT2D eigenvalue weighted by Gasteiger charge is 2.44. The van der Waals surface area contributed by atoms with E-state index in [9.17, 15) is 9.59 Å². The summed E-state index contributed by atoms with van der Waals surface area (Å²) < 4.78 is 11.5. The number of ether oxygens (including phenoxy) is 2. The number of aromatic amines is 2.